The van der Waals surface area contributed by atoms with E-state index in [1.807, 2.05) is 0 Å². The predicted octanol–water partition coefficient (Wildman–Crippen LogP) is 3.10. The van der Waals surface area contributed by atoms with E-state index < -0.39 is 0 Å². The number of rotatable bonds is 6. The standard InChI is InChI=1S/C20H24N2O/c1-2-15-3-5-16(6-4-15)8-10-20(23)22-12-17-7-9-18-13-21-14-19(18)11-17/h3-7,9,11,21H,2,8,10,12-14H2,1H3,(H,22,23). The molecule has 1 aliphatic heterocycles. The fourth-order valence-corrected chi connectivity index (χ4v) is 2.95. The zero-order valence-corrected chi connectivity index (χ0v) is 13.7. The van der Waals surface area contributed by atoms with Gasteiger partial charge in [0.1, 0.15) is 0 Å². The number of aryl methyl sites for hydroxylation is 2. The lowest BCUT2D eigenvalue weighted by Gasteiger charge is -2.07. The molecule has 1 amide bonds. The first-order valence-electron chi connectivity index (χ1n) is 8.40. The Morgan fingerprint density at radius 1 is 1.00 bits per heavy atom. The third kappa shape index (κ3) is 4.20. The fraction of sp³-hybridized carbons (Fsp3) is 0.350. The second-order valence-electron chi connectivity index (χ2n) is 6.15. The summed E-state index contributed by atoms with van der Waals surface area (Å²) in [5, 5.41) is 6.36. The third-order valence-electron chi connectivity index (χ3n) is 4.46. The minimum atomic E-state index is 0.114. The predicted molar refractivity (Wildman–Crippen MR) is 93.0 cm³/mol. The van der Waals surface area contributed by atoms with E-state index in [1.54, 1.807) is 0 Å². The molecule has 0 aliphatic carbocycles. The van der Waals surface area contributed by atoms with E-state index in [2.05, 4.69) is 60.0 Å². The van der Waals surface area contributed by atoms with Crippen molar-refractivity contribution >= 4 is 5.91 Å². The molecule has 0 saturated carbocycles. The molecule has 0 atom stereocenters. The van der Waals surface area contributed by atoms with Crippen LogP contribution >= 0.6 is 0 Å². The highest BCUT2D eigenvalue weighted by Gasteiger charge is 2.10. The van der Waals surface area contributed by atoms with Gasteiger partial charge in [-0.1, -0.05) is 49.4 Å². The van der Waals surface area contributed by atoms with Crippen molar-refractivity contribution in [2.45, 2.75) is 45.8 Å². The molecule has 3 heteroatoms. The summed E-state index contributed by atoms with van der Waals surface area (Å²) >= 11 is 0. The van der Waals surface area contributed by atoms with E-state index in [-0.39, 0.29) is 5.91 Å². The Hall–Kier alpha value is -2.13. The number of fused-ring (bicyclic) bond motifs is 1. The molecule has 3 rings (SSSR count). The van der Waals surface area contributed by atoms with Crippen LogP contribution < -0.4 is 10.6 Å². The lowest BCUT2D eigenvalue weighted by molar-refractivity contribution is -0.121. The van der Waals surface area contributed by atoms with E-state index in [0.29, 0.717) is 13.0 Å². The van der Waals surface area contributed by atoms with Crippen molar-refractivity contribution in [3.8, 4) is 0 Å². The van der Waals surface area contributed by atoms with Crippen LogP contribution in [-0.4, -0.2) is 5.91 Å². The summed E-state index contributed by atoms with van der Waals surface area (Å²) in [6.07, 6.45) is 2.39. The maximum atomic E-state index is 12.0. The van der Waals surface area contributed by atoms with Gasteiger partial charge in [0.25, 0.3) is 0 Å². The van der Waals surface area contributed by atoms with Crippen molar-refractivity contribution in [2.75, 3.05) is 0 Å². The van der Waals surface area contributed by atoms with Gasteiger partial charge in [-0.2, -0.15) is 0 Å². The van der Waals surface area contributed by atoms with Gasteiger partial charge in [0.15, 0.2) is 0 Å². The number of hydrogen-bond acceptors (Lipinski definition) is 2. The second kappa shape index (κ2) is 7.42. The number of amides is 1. The van der Waals surface area contributed by atoms with Crippen LogP contribution in [0.15, 0.2) is 42.5 Å². The molecule has 1 aliphatic rings. The lowest BCUT2D eigenvalue weighted by Crippen LogP contribution is -2.23. The first kappa shape index (κ1) is 15.8. The zero-order valence-electron chi connectivity index (χ0n) is 13.7. The van der Waals surface area contributed by atoms with Crippen molar-refractivity contribution in [1.29, 1.82) is 0 Å². The maximum absolute atomic E-state index is 12.0. The van der Waals surface area contributed by atoms with E-state index in [9.17, 15) is 4.79 Å². The van der Waals surface area contributed by atoms with Crippen LogP contribution in [0.2, 0.25) is 0 Å². The zero-order chi connectivity index (χ0) is 16.1. The molecule has 0 unspecified atom stereocenters. The number of hydrogen-bond donors (Lipinski definition) is 2. The quantitative estimate of drug-likeness (QED) is 0.861. The summed E-state index contributed by atoms with van der Waals surface area (Å²) in [7, 11) is 0. The first-order chi connectivity index (χ1) is 11.2. The smallest absolute Gasteiger partial charge is 0.220 e. The summed E-state index contributed by atoms with van der Waals surface area (Å²) in [4.78, 5) is 12.0. The highest BCUT2D eigenvalue weighted by atomic mass is 16.1. The molecule has 2 N–H and O–H groups in total. The monoisotopic (exact) mass is 308 g/mol. The number of carbonyl (C=O) groups excluding carboxylic acids is 1. The van der Waals surface area contributed by atoms with Crippen LogP contribution in [0, 0.1) is 0 Å². The summed E-state index contributed by atoms with van der Waals surface area (Å²) < 4.78 is 0. The van der Waals surface area contributed by atoms with Crippen molar-refractivity contribution in [3.05, 3.63) is 70.3 Å². The van der Waals surface area contributed by atoms with E-state index in [0.717, 1.165) is 25.9 Å². The van der Waals surface area contributed by atoms with Crippen molar-refractivity contribution < 1.29 is 4.79 Å². The van der Waals surface area contributed by atoms with Crippen LogP contribution in [0.1, 0.15) is 41.2 Å². The first-order valence-corrected chi connectivity index (χ1v) is 8.40. The summed E-state index contributed by atoms with van der Waals surface area (Å²) in [6, 6.07) is 15.0. The topological polar surface area (TPSA) is 41.1 Å². The molecule has 0 spiro atoms. The molecule has 2 aromatic carbocycles. The summed E-state index contributed by atoms with van der Waals surface area (Å²) in [6.45, 7) is 4.65. The largest absolute Gasteiger partial charge is 0.352 e. The second-order valence-corrected chi connectivity index (χ2v) is 6.15. The highest BCUT2D eigenvalue weighted by Crippen LogP contribution is 2.17. The number of carbonyl (C=O) groups is 1. The van der Waals surface area contributed by atoms with E-state index >= 15 is 0 Å². The lowest BCUT2D eigenvalue weighted by atomic mass is 10.1. The summed E-state index contributed by atoms with van der Waals surface area (Å²) in [5.41, 5.74) is 6.46. The van der Waals surface area contributed by atoms with Crippen LogP contribution in [0.5, 0.6) is 0 Å². The molecule has 0 fully saturated rings. The maximum Gasteiger partial charge on any atom is 0.220 e. The minimum Gasteiger partial charge on any atom is -0.352 e. The number of nitrogens with one attached hydrogen (secondary N) is 2. The highest BCUT2D eigenvalue weighted by molar-refractivity contribution is 5.76. The van der Waals surface area contributed by atoms with Gasteiger partial charge in [-0.3, -0.25) is 4.79 Å². The van der Waals surface area contributed by atoms with Crippen LogP contribution in [0.25, 0.3) is 0 Å². The molecular weight excluding hydrogens is 284 g/mol. The Kier molecular flexibility index (Phi) is 5.09. The van der Waals surface area contributed by atoms with Gasteiger partial charge in [0.05, 0.1) is 0 Å². The average molecular weight is 308 g/mol. The molecule has 0 radical (unpaired) electrons. The Morgan fingerprint density at radius 3 is 2.48 bits per heavy atom. The van der Waals surface area contributed by atoms with Gasteiger partial charge in [-0.25, -0.2) is 0 Å². The molecule has 0 bridgehead atoms. The normalized spacial score (nSPS) is 12.9. The van der Waals surface area contributed by atoms with Crippen molar-refractivity contribution in [3.63, 3.8) is 0 Å². The summed E-state index contributed by atoms with van der Waals surface area (Å²) in [5.74, 6) is 0.114. The van der Waals surface area contributed by atoms with E-state index in [1.165, 1.54) is 27.8 Å². The van der Waals surface area contributed by atoms with Crippen LogP contribution in [-0.2, 0) is 37.3 Å². The number of benzene rings is 2. The molecule has 0 aromatic heterocycles. The Bertz CT molecular complexity index is 677. The van der Waals surface area contributed by atoms with Gasteiger partial charge in [-0.15, -0.1) is 0 Å². The average Bonchev–Trinajstić information content (AvgIpc) is 3.06. The SMILES string of the molecule is CCc1ccc(CCC(=O)NCc2ccc3c(c2)CNC3)cc1. The Morgan fingerprint density at radius 2 is 1.70 bits per heavy atom. The fourth-order valence-electron chi connectivity index (χ4n) is 2.95. The van der Waals surface area contributed by atoms with Gasteiger partial charge in [0, 0.05) is 26.1 Å². The van der Waals surface area contributed by atoms with E-state index in [4.69, 9.17) is 0 Å². The Labute approximate surface area is 138 Å². The molecule has 1 heterocycles. The van der Waals surface area contributed by atoms with Gasteiger partial charge < -0.3 is 10.6 Å². The van der Waals surface area contributed by atoms with Crippen molar-refractivity contribution in [2.24, 2.45) is 0 Å². The molecule has 120 valence electrons. The van der Waals surface area contributed by atoms with Gasteiger partial charge in [0.2, 0.25) is 5.91 Å². The molecule has 23 heavy (non-hydrogen) atoms. The minimum absolute atomic E-state index is 0.114. The van der Waals surface area contributed by atoms with Gasteiger partial charge in [-0.05, 0) is 40.7 Å². The van der Waals surface area contributed by atoms with Crippen LogP contribution in [0.3, 0.4) is 0 Å². The molecule has 3 nitrogen and oxygen atoms in total. The van der Waals surface area contributed by atoms with Crippen LogP contribution in [0.4, 0.5) is 0 Å². The molecule has 2 aromatic rings. The van der Waals surface area contributed by atoms with Gasteiger partial charge >= 0.3 is 0 Å². The molecule has 0 saturated heterocycles. The molecular formula is C20H24N2O. The third-order valence-corrected chi connectivity index (χ3v) is 4.46. The Balaban J connectivity index is 1.45. The van der Waals surface area contributed by atoms with Crippen molar-refractivity contribution in [1.82, 2.24) is 10.6 Å².